The van der Waals surface area contributed by atoms with Gasteiger partial charge in [0.05, 0.1) is 19.6 Å². The SMILES string of the molecule is CCOC(=O)Cn1c(CCl)nc2ccc(OC)nc21. The summed E-state index contributed by atoms with van der Waals surface area (Å²) in [5.41, 5.74) is 1.23. The van der Waals surface area contributed by atoms with Crippen LogP contribution < -0.4 is 4.74 Å². The molecule has 0 atom stereocenters. The lowest BCUT2D eigenvalue weighted by atomic mass is 10.4. The van der Waals surface area contributed by atoms with Crippen molar-refractivity contribution in [2.24, 2.45) is 0 Å². The van der Waals surface area contributed by atoms with Gasteiger partial charge < -0.3 is 14.0 Å². The molecule has 2 heterocycles. The lowest BCUT2D eigenvalue weighted by Crippen LogP contribution is -2.15. The van der Waals surface area contributed by atoms with E-state index < -0.39 is 0 Å². The van der Waals surface area contributed by atoms with E-state index in [0.29, 0.717) is 29.5 Å². The zero-order chi connectivity index (χ0) is 13.8. The third-order valence-electron chi connectivity index (χ3n) is 2.57. The molecule has 0 saturated carbocycles. The molecule has 0 aliphatic carbocycles. The van der Waals surface area contributed by atoms with E-state index in [0.717, 1.165) is 0 Å². The molecule has 0 saturated heterocycles. The summed E-state index contributed by atoms with van der Waals surface area (Å²) in [5, 5.41) is 0. The van der Waals surface area contributed by atoms with Gasteiger partial charge in [0, 0.05) is 6.07 Å². The second-order valence-corrected chi connectivity index (χ2v) is 4.02. The molecular formula is C12H14ClN3O3. The molecule has 0 N–H and O–H groups in total. The van der Waals surface area contributed by atoms with Crippen molar-refractivity contribution in [2.45, 2.75) is 19.3 Å². The molecule has 0 bridgehead atoms. The highest BCUT2D eigenvalue weighted by Crippen LogP contribution is 2.19. The fourth-order valence-corrected chi connectivity index (χ4v) is 1.95. The molecule has 6 nitrogen and oxygen atoms in total. The second-order valence-electron chi connectivity index (χ2n) is 3.75. The second kappa shape index (κ2) is 5.88. The van der Waals surface area contributed by atoms with Gasteiger partial charge in [0.1, 0.15) is 17.9 Å². The average molecular weight is 284 g/mol. The molecule has 0 amide bonds. The van der Waals surface area contributed by atoms with Crippen LogP contribution in [0.2, 0.25) is 0 Å². The third-order valence-corrected chi connectivity index (χ3v) is 2.81. The Hall–Kier alpha value is -1.82. The van der Waals surface area contributed by atoms with E-state index >= 15 is 0 Å². The molecule has 2 rings (SSSR count). The van der Waals surface area contributed by atoms with E-state index in [4.69, 9.17) is 21.1 Å². The van der Waals surface area contributed by atoms with Crippen LogP contribution in [0.15, 0.2) is 12.1 Å². The highest BCUT2D eigenvalue weighted by molar-refractivity contribution is 6.16. The van der Waals surface area contributed by atoms with Gasteiger partial charge in [0.2, 0.25) is 5.88 Å². The fourth-order valence-electron chi connectivity index (χ4n) is 1.75. The Morgan fingerprint density at radius 1 is 1.42 bits per heavy atom. The van der Waals surface area contributed by atoms with Gasteiger partial charge in [-0.15, -0.1) is 11.6 Å². The molecule has 102 valence electrons. The Bertz CT molecular complexity index is 597. The fraction of sp³-hybridized carbons (Fsp3) is 0.417. The number of esters is 1. The minimum atomic E-state index is -0.349. The van der Waals surface area contributed by atoms with Gasteiger partial charge in [0.15, 0.2) is 5.65 Å². The highest BCUT2D eigenvalue weighted by atomic mass is 35.5. The van der Waals surface area contributed by atoms with Crippen molar-refractivity contribution in [3.63, 3.8) is 0 Å². The van der Waals surface area contributed by atoms with Gasteiger partial charge in [-0.05, 0) is 13.0 Å². The Morgan fingerprint density at radius 3 is 2.84 bits per heavy atom. The number of nitrogens with zero attached hydrogens (tertiary/aromatic N) is 3. The molecule has 0 radical (unpaired) electrons. The van der Waals surface area contributed by atoms with Gasteiger partial charge in [-0.25, -0.2) is 4.98 Å². The van der Waals surface area contributed by atoms with Crippen molar-refractivity contribution in [2.75, 3.05) is 13.7 Å². The van der Waals surface area contributed by atoms with Crippen LogP contribution in [0.4, 0.5) is 0 Å². The van der Waals surface area contributed by atoms with Crippen LogP contribution in [0.5, 0.6) is 5.88 Å². The summed E-state index contributed by atoms with van der Waals surface area (Å²) in [6.07, 6.45) is 0. The van der Waals surface area contributed by atoms with Crippen molar-refractivity contribution in [3.05, 3.63) is 18.0 Å². The van der Waals surface area contributed by atoms with Crippen LogP contribution in [0, 0.1) is 0 Å². The Morgan fingerprint density at radius 2 is 2.21 bits per heavy atom. The maximum Gasteiger partial charge on any atom is 0.326 e. The molecule has 0 unspecified atom stereocenters. The first kappa shape index (κ1) is 13.6. The highest BCUT2D eigenvalue weighted by Gasteiger charge is 2.15. The largest absolute Gasteiger partial charge is 0.481 e. The van der Waals surface area contributed by atoms with E-state index in [2.05, 4.69) is 9.97 Å². The molecule has 0 aromatic carbocycles. The Kier molecular flexibility index (Phi) is 4.21. The van der Waals surface area contributed by atoms with Gasteiger partial charge in [-0.1, -0.05) is 0 Å². The summed E-state index contributed by atoms with van der Waals surface area (Å²) in [4.78, 5) is 20.2. The van der Waals surface area contributed by atoms with Crippen LogP contribution in [0.25, 0.3) is 11.2 Å². The first-order chi connectivity index (χ1) is 9.19. The van der Waals surface area contributed by atoms with Crippen LogP contribution >= 0.6 is 11.6 Å². The number of fused-ring (bicyclic) bond motifs is 1. The molecule has 2 aromatic heterocycles. The smallest absolute Gasteiger partial charge is 0.326 e. The van der Waals surface area contributed by atoms with Crippen LogP contribution in [-0.2, 0) is 22.0 Å². The predicted octanol–water partition coefficient (Wildman–Crippen LogP) is 1.74. The maximum absolute atomic E-state index is 11.6. The molecule has 0 aliphatic heterocycles. The van der Waals surface area contributed by atoms with E-state index in [-0.39, 0.29) is 18.4 Å². The normalized spacial score (nSPS) is 10.7. The number of ether oxygens (including phenoxy) is 2. The molecule has 7 heteroatoms. The number of rotatable bonds is 5. The van der Waals surface area contributed by atoms with Gasteiger partial charge in [-0.3, -0.25) is 4.79 Å². The monoisotopic (exact) mass is 283 g/mol. The number of pyridine rings is 1. The standard InChI is InChI=1S/C12H14ClN3O3/c1-3-19-11(17)7-16-9(6-13)14-8-4-5-10(18-2)15-12(8)16/h4-5H,3,6-7H2,1-2H3. The number of alkyl halides is 1. The number of hydrogen-bond acceptors (Lipinski definition) is 5. The zero-order valence-electron chi connectivity index (χ0n) is 10.7. The summed E-state index contributed by atoms with van der Waals surface area (Å²) >= 11 is 5.84. The summed E-state index contributed by atoms with van der Waals surface area (Å²) in [7, 11) is 1.53. The number of hydrogen-bond donors (Lipinski definition) is 0. The number of halogens is 1. The summed E-state index contributed by atoms with van der Waals surface area (Å²) in [5.74, 6) is 0.875. The molecule has 0 spiro atoms. The number of carbonyl (C=O) groups is 1. The van der Waals surface area contributed by atoms with Crippen LogP contribution in [0.1, 0.15) is 12.7 Å². The molecule has 19 heavy (non-hydrogen) atoms. The van der Waals surface area contributed by atoms with Crippen molar-refractivity contribution in [1.82, 2.24) is 14.5 Å². The summed E-state index contributed by atoms with van der Waals surface area (Å²) in [6.45, 7) is 2.12. The maximum atomic E-state index is 11.6. The topological polar surface area (TPSA) is 66.2 Å². The first-order valence-electron chi connectivity index (χ1n) is 5.81. The Labute approximate surface area is 115 Å². The summed E-state index contributed by atoms with van der Waals surface area (Å²) < 4.78 is 11.6. The van der Waals surface area contributed by atoms with Crippen molar-refractivity contribution in [3.8, 4) is 5.88 Å². The number of methoxy groups -OCH3 is 1. The Balaban J connectivity index is 2.45. The molecule has 2 aromatic rings. The van der Waals surface area contributed by atoms with Gasteiger partial charge >= 0.3 is 5.97 Å². The van der Waals surface area contributed by atoms with Gasteiger partial charge in [0.25, 0.3) is 0 Å². The number of aromatic nitrogens is 3. The molecule has 0 fully saturated rings. The minimum Gasteiger partial charge on any atom is -0.481 e. The van der Waals surface area contributed by atoms with E-state index in [9.17, 15) is 4.79 Å². The quantitative estimate of drug-likeness (QED) is 0.618. The average Bonchev–Trinajstić information content (AvgIpc) is 2.76. The third kappa shape index (κ3) is 2.78. The summed E-state index contributed by atoms with van der Waals surface area (Å²) in [6, 6.07) is 3.49. The first-order valence-corrected chi connectivity index (χ1v) is 6.34. The molecule has 0 aliphatic rings. The lowest BCUT2D eigenvalue weighted by Gasteiger charge is -2.06. The minimum absolute atomic E-state index is 0.0343. The van der Waals surface area contributed by atoms with Crippen LogP contribution in [-0.4, -0.2) is 34.2 Å². The number of imidazole rings is 1. The van der Waals surface area contributed by atoms with E-state index in [1.54, 1.807) is 23.6 Å². The van der Waals surface area contributed by atoms with E-state index in [1.165, 1.54) is 7.11 Å². The predicted molar refractivity (Wildman–Crippen MR) is 70.3 cm³/mol. The van der Waals surface area contributed by atoms with Crippen molar-refractivity contribution < 1.29 is 14.3 Å². The number of carbonyl (C=O) groups excluding carboxylic acids is 1. The van der Waals surface area contributed by atoms with E-state index in [1.807, 2.05) is 0 Å². The van der Waals surface area contributed by atoms with Crippen molar-refractivity contribution in [1.29, 1.82) is 0 Å². The van der Waals surface area contributed by atoms with Crippen molar-refractivity contribution >= 4 is 28.7 Å². The zero-order valence-corrected chi connectivity index (χ0v) is 11.5. The van der Waals surface area contributed by atoms with Gasteiger partial charge in [-0.2, -0.15) is 4.98 Å². The molecular weight excluding hydrogens is 270 g/mol. The van der Waals surface area contributed by atoms with Crippen LogP contribution in [0.3, 0.4) is 0 Å². The lowest BCUT2D eigenvalue weighted by molar-refractivity contribution is -0.143.